The molecule has 2 N–H and O–H groups in total. The van der Waals surface area contributed by atoms with Gasteiger partial charge in [0.1, 0.15) is 0 Å². The van der Waals surface area contributed by atoms with Crippen molar-refractivity contribution in [3.05, 3.63) is 0 Å². The van der Waals surface area contributed by atoms with Gasteiger partial charge in [-0.2, -0.15) is 0 Å². The molecule has 1 fully saturated rings. The lowest BCUT2D eigenvalue weighted by atomic mass is 10.2. The summed E-state index contributed by atoms with van der Waals surface area (Å²) in [5, 5.41) is 17.8. The van der Waals surface area contributed by atoms with Gasteiger partial charge < -0.3 is 20.0 Å². The highest BCUT2D eigenvalue weighted by Crippen LogP contribution is 2.28. The van der Waals surface area contributed by atoms with Gasteiger partial charge in [-0.25, -0.2) is 4.79 Å². The normalized spacial score (nSPS) is 16.2. The molecule has 1 aliphatic rings. The number of aliphatic hydroxyl groups excluding tert-OH is 1. The van der Waals surface area contributed by atoms with Crippen LogP contribution in [0.2, 0.25) is 0 Å². The van der Waals surface area contributed by atoms with Crippen LogP contribution in [0.5, 0.6) is 0 Å². The Labute approximate surface area is 107 Å². The predicted molar refractivity (Wildman–Crippen MR) is 66.3 cm³/mol. The molecule has 6 heteroatoms. The third-order valence-corrected chi connectivity index (χ3v) is 3.16. The number of hydrogen-bond donors (Lipinski definition) is 2. The van der Waals surface area contributed by atoms with E-state index in [1.165, 1.54) is 0 Å². The average Bonchev–Trinajstić information content (AvgIpc) is 3.09. The summed E-state index contributed by atoms with van der Waals surface area (Å²) in [5.41, 5.74) is 0. The Balaban J connectivity index is 2.66. The van der Waals surface area contributed by atoms with E-state index < -0.39 is 5.97 Å². The molecule has 0 radical (unpaired) electrons. The number of urea groups is 1. The Morgan fingerprint density at radius 1 is 1.39 bits per heavy atom. The van der Waals surface area contributed by atoms with Gasteiger partial charge in [0.05, 0.1) is 13.0 Å². The number of rotatable bonds is 7. The molecule has 1 atom stereocenters. The Hall–Kier alpha value is -1.30. The molecule has 1 saturated carbocycles. The summed E-state index contributed by atoms with van der Waals surface area (Å²) in [6, 6.07) is -0.279. The van der Waals surface area contributed by atoms with Crippen LogP contribution in [0, 0.1) is 0 Å². The number of nitrogens with zero attached hydrogens (tertiary/aromatic N) is 2. The third kappa shape index (κ3) is 3.87. The number of carboxylic acids is 1. The zero-order valence-electron chi connectivity index (χ0n) is 11.0. The minimum absolute atomic E-state index is 0.0583. The van der Waals surface area contributed by atoms with E-state index in [1.54, 1.807) is 16.7 Å². The van der Waals surface area contributed by atoms with Crippen molar-refractivity contribution in [1.29, 1.82) is 0 Å². The topological polar surface area (TPSA) is 81.1 Å². The van der Waals surface area contributed by atoms with E-state index in [9.17, 15) is 9.59 Å². The molecule has 2 amide bonds. The number of aliphatic carboxylic acids is 1. The lowest BCUT2D eigenvalue weighted by molar-refractivity contribution is -0.138. The first-order valence-electron chi connectivity index (χ1n) is 6.41. The third-order valence-electron chi connectivity index (χ3n) is 3.16. The van der Waals surface area contributed by atoms with Crippen molar-refractivity contribution >= 4 is 12.0 Å². The summed E-state index contributed by atoms with van der Waals surface area (Å²) in [4.78, 5) is 26.2. The summed E-state index contributed by atoms with van der Waals surface area (Å²) in [7, 11) is 0. The van der Waals surface area contributed by atoms with E-state index in [0.29, 0.717) is 13.1 Å². The second kappa shape index (κ2) is 6.58. The summed E-state index contributed by atoms with van der Waals surface area (Å²) >= 11 is 0. The minimum Gasteiger partial charge on any atom is -0.481 e. The van der Waals surface area contributed by atoms with E-state index in [2.05, 4.69) is 0 Å². The highest BCUT2D eigenvalue weighted by atomic mass is 16.4. The fourth-order valence-corrected chi connectivity index (χ4v) is 2.09. The fourth-order valence-electron chi connectivity index (χ4n) is 2.09. The van der Waals surface area contributed by atoms with Crippen LogP contribution in [0.25, 0.3) is 0 Å². The molecule has 0 aromatic heterocycles. The second-order valence-electron chi connectivity index (χ2n) is 4.66. The summed E-state index contributed by atoms with van der Waals surface area (Å²) in [6.07, 6.45) is 1.88. The Morgan fingerprint density at radius 3 is 2.39 bits per heavy atom. The van der Waals surface area contributed by atoms with Crippen LogP contribution in [0.15, 0.2) is 0 Å². The van der Waals surface area contributed by atoms with Gasteiger partial charge in [0.2, 0.25) is 0 Å². The molecule has 1 rings (SSSR count). The average molecular weight is 258 g/mol. The fraction of sp³-hybridized carbons (Fsp3) is 0.833. The van der Waals surface area contributed by atoms with Gasteiger partial charge >= 0.3 is 12.0 Å². The molecule has 0 heterocycles. The summed E-state index contributed by atoms with van der Waals surface area (Å²) in [5.74, 6) is -0.908. The van der Waals surface area contributed by atoms with Crippen molar-refractivity contribution in [2.24, 2.45) is 0 Å². The van der Waals surface area contributed by atoms with E-state index in [0.717, 1.165) is 12.8 Å². The lowest BCUT2D eigenvalue weighted by Gasteiger charge is -2.33. The number of carbonyl (C=O) groups is 2. The molecule has 0 aromatic rings. The standard InChI is InChI=1S/C12H22N2O4/c1-3-13(9(2)8-11(16)17)12(18)14(6-7-15)10-4-5-10/h9-10,15H,3-8H2,1-2H3,(H,16,17). The largest absolute Gasteiger partial charge is 0.481 e. The molecule has 1 unspecified atom stereocenters. The van der Waals surface area contributed by atoms with Crippen molar-refractivity contribution in [3.8, 4) is 0 Å². The van der Waals surface area contributed by atoms with Crippen LogP contribution in [-0.4, -0.2) is 63.8 Å². The molecule has 6 nitrogen and oxygen atoms in total. The monoisotopic (exact) mass is 258 g/mol. The van der Waals surface area contributed by atoms with Crippen molar-refractivity contribution in [1.82, 2.24) is 9.80 Å². The van der Waals surface area contributed by atoms with Crippen LogP contribution < -0.4 is 0 Å². The van der Waals surface area contributed by atoms with Crippen molar-refractivity contribution in [2.75, 3.05) is 19.7 Å². The van der Waals surface area contributed by atoms with Gasteiger partial charge in [-0.3, -0.25) is 4.79 Å². The first-order chi connectivity index (χ1) is 8.51. The molecule has 0 bridgehead atoms. The lowest BCUT2D eigenvalue weighted by Crippen LogP contribution is -2.49. The van der Waals surface area contributed by atoms with E-state index in [-0.39, 0.29) is 31.1 Å². The molecule has 1 aliphatic carbocycles. The van der Waals surface area contributed by atoms with Gasteiger partial charge in [0, 0.05) is 25.2 Å². The Morgan fingerprint density at radius 2 is 2.00 bits per heavy atom. The smallest absolute Gasteiger partial charge is 0.320 e. The van der Waals surface area contributed by atoms with Gasteiger partial charge in [-0.05, 0) is 26.7 Å². The van der Waals surface area contributed by atoms with E-state index >= 15 is 0 Å². The van der Waals surface area contributed by atoms with Gasteiger partial charge in [0.25, 0.3) is 0 Å². The number of aliphatic hydroxyl groups is 1. The first kappa shape index (κ1) is 14.8. The summed E-state index contributed by atoms with van der Waals surface area (Å²) in [6.45, 7) is 4.30. The second-order valence-corrected chi connectivity index (χ2v) is 4.66. The minimum atomic E-state index is -0.908. The molecule has 0 spiro atoms. The number of carbonyl (C=O) groups excluding carboxylic acids is 1. The molecular weight excluding hydrogens is 236 g/mol. The number of hydrogen-bond acceptors (Lipinski definition) is 3. The van der Waals surface area contributed by atoms with Gasteiger partial charge in [-0.15, -0.1) is 0 Å². The Bertz CT molecular complexity index is 304. The highest BCUT2D eigenvalue weighted by molar-refractivity contribution is 5.76. The van der Waals surface area contributed by atoms with Crippen molar-refractivity contribution < 1.29 is 19.8 Å². The summed E-state index contributed by atoms with van der Waals surface area (Å²) < 4.78 is 0. The molecule has 0 aromatic carbocycles. The maximum atomic E-state index is 12.3. The van der Waals surface area contributed by atoms with Crippen LogP contribution in [-0.2, 0) is 4.79 Å². The van der Waals surface area contributed by atoms with Gasteiger partial charge in [0.15, 0.2) is 0 Å². The molecular formula is C12H22N2O4. The number of amides is 2. The zero-order valence-corrected chi connectivity index (χ0v) is 11.0. The van der Waals surface area contributed by atoms with Crippen LogP contribution in [0.1, 0.15) is 33.1 Å². The SMILES string of the molecule is CCN(C(=O)N(CCO)C1CC1)C(C)CC(=O)O. The van der Waals surface area contributed by atoms with Crippen LogP contribution >= 0.6 is 0 Å². The Kier molecular flexibility index (Phi) is 5.40. The quantitative estimate of drug-likeness (QED) is 0.706. The predicted octanol–water partition coefficient (Wildman–Crippen LogP) is 0.748. The van der Waals surface area contributed by atoms with E-state index in [4.69, 9.17) is 10.2 Å². The molecule has 104 valence electrons. The molecule has 0 aliphatic heterocycles. The van der Waals surface area contributed by atoms with Gasteiger partial charge in [-0.1, -0.05) is 0 Å². The highest BCUT2D eigenvalue weighted by Gasteiger charge is 2.35. The van der Waals surface area contributed by atoms with Crippen molar-refractivity contribution in [3.63, 3.8) is 0 Å². The first-order valence-corrected chi connectivity index (χ1v) is 6.41. The van der Waals surface area contributed by atoms with E-state index in [1.807, 2.05) is 6.92 Å². The molecule has 0 saturated heterocycles. The zero-order chi connectivity index (χ0) is 13.7. The van der Waals surface area contributed by atoms with Crippen molar-refractivity contribution in [2.45, 2.75) is 45.2 Å². The van der Waals surface area contributed by atoms with Crippen LogP contribution in [0.3, 0.4) is 0 Å². The maximum absolute atomic E-state index is 12.3. The molecule has 18 heavy (non-hydrogen) atoms. The maximum Gasteiger partial charge on any atom is 0.320 e. The van der Waals surface area contributed by atoms with Crippen LogP contribution in [0.4, 0.5) is 4.79 Å². The number of carboxylic acid groups (broad SMARTS) is 1.